The maximum absolute atomic E-state index is 13.2. The highest BCUT2D eigenvalue weighted by Crippen LogP contribution is 2.31. The SMILES string of the molecule is CC(C)N(C(=O)OC1CN2CCC1CC2)c1ccc(-c2ccc(C(=O)N3CCCCC3)cc2)cc1. The molecule has 35 heavy (non-hydrogen) atoms. The summed E-state index contributed by atoms with van der Waals surface area (Å²) >= 11 is 0. The molecule has 1 atom stereocenters. The third-order valence-electron chi connectivity index (χ3n) is 7.82. The molecule has 2 amide bonds. The van der Waals surface area contributed by atoms with Gasteiger partial charge in [0.2, 0.25) is 0 Å². The van der Waals surface area contributed by atoms with E-state index >= 15 is 0 Å². The van der Waals surface area contributed by atoms with Crippen LogP contribution in [0.2, 0.25) is 0 Å². The summed E-state index contributed by atoms with van der Waals surface area (Å²) in [4.78, 5) is 32.0. The molecule has 4 saturated heterocycles. The summed E-state index contributed by atoms with van der Waals surface area (Å²) in [6.45, 7) is 8.86. The second kappa shape index (κ2) is 10.4. The molecule has 4 fully saturated rings. The Morgan fingerprint density at radius 3 is 2.00 bits per heavy atom. The van der Waals surface area contributed by atoms with E-state index in [1.807, 2.05) is 67.3 Å². The van der Waals surface area contributed by atoms with Crippen LogP contribution in [0.5, 0.6) is 0 Å². The lowest BCUT2D eigenvalue weighted by Gasteiger charge is -2.44. The molecular formula is C29H37N3O3. The maximum atomic E-state index is 13.2. The van der Waals surface area contributed by atoms with Gasteiger partial charge in [-0.3, -0.25) is 14.6 Å². The van der Waals surface area contributed by atoms with Gasteiger partial charge in [-0.1, -0.05) is 24.3 Å². The third kappa shape index (κ3) is 5.22. The van der Waals surface area contributed by atoms with Crippen molar-refractivity contribution in [1.29, 1.82) is 0 Å². The Bertz CT molecular complexity index is 1020. The van der Waals surface area contributed by atoms with Crippen molar-refractivity contribution in [2.45, 2.75) is 58.1 Å². The number of hydrogen-bond acceptors (Lipinski definition) is 4. The lowest BCUT2D eigenvalue weighted by atomic mass is 9.86. The van der Waals surface area contributed by atoms with E-state index in [2.05, 4.69) is 4.90 Å². The fraction of sp³-hybridized carbons (Fsp3) is 0.517. The maximum Gasteiger partial charge on any atom is 0.414 e. The summed E-state index contributed by atoms with van der Waals surface area (Å²) in [6.07, 6.45) is 5.38. The standard InChI is InChI=1S/C29H37N3O3/c1-21(2)32(29(34)35-27-20-30-18-14-24(27)15-19-30)26-12-10-23(11-13-26)22-6-8-25(9-7-22)28(33)31-16-4-3-5-17-31/h6-13,21,24,27H,3-5,14-20H2,1-2H3. The average molecular weight is 476 g/mol. The fourth-order valence-corrected chi connectivity index (χ4v) is 5.74. The van der Waals surface area contributed by atoms with E-state index in [0.717, 1.165) is 80.8 Å². The molecule has 0 spiro atoms. The molecule has 6 nitrogen and oxygen atoms in total. The van der Waals surface area contributed by atoms with Gasteiger partial charge in [-0.15, -0.1) is 0 Å². The number of rotatable bonds is 5. The number of hydrogen-bond donors (Lipinski definition) is 0. The molecule has 1 unspecified atom stereocenters. The van der Waals surface area contributed by atoms with Gasteiger partial charge in [0.05, 0.1) is 0 Å². The molecule has 0 aliphatic carbocycles. The van der Waals surface area contributed by atoms with Crippen LogP contribution in [0.3, 0.4) is 0 Å². The van der Waals surface area contributed by atoms with Gasteiger partial charge in [-0.25, -0.2) is 4.79 Å². The second-order valence-corrected chi connectivity index (χ2v) is 10.5. The van der Waals surface area contributed by atoms with Crippen molar-refractivity contribution in [3.63, 3.8) is 0 Å². The van der Waals surface area contributed by atoms with E-state index in [4.69, 9.17) is 4.74 Å². The van der Waals surface area contributed by atoms with Gasteiger partial charge in [-0.2, -0.15) is 0 Å². The Kier molecular flexibility index (Phi) is 7.09. The number of piperidine rings is 4. The van der Waals surface area contributed by atoms with Crippen molar-refractivity contribution in [3.8, 4) is 11.1 Å². The summed E-state index contributed by atoms with van der Waals surface area (Å²) < 4.78 is 6.01. The molecule has 4 aliphatic rings. The Hall–Kier alpha value is -2.86. The van der Waals surface area contributed by atoms with E-state index in [1.54, 1.807) is 4.90 Å². The van der Waals surface area contributed by atoms with Gasteiger partial charge in [0, 0.05) is 36.9 Å². The van der Waals surface area contributed by atoms with Crippen LogP contribution in [0.25, 0.3) is 11.1 Å². The molecule has 2 aromatic rings. The first-order valence-corrected chi connectivity index (χ1v) is 13.2. The Labute approximate surface area is 208 Å². The Balaban J connectivity index is 1.26. The van der Waals surface area contributed by atoms with E-state index in [-0.39, 0.29) is 24.1 Å². The van der Waals surface area contributed by atoms with Crippen LogP contribution in [-0.4, -0.2) is 66.7 Å². The Morgan fingerprint density at radius 2 is 1.46 bits per heavy atom. The predicted octanol–water partition coefficient (Wildman–Crippen LogP) is 5.43. The topological polar surface area (TPSA) is 53.1 Å². The molecule has 6 heteroatoms. The molecular weight excluding hydrogens is 438 g/mol. The first kappa shape index (κ1) is 23.9. The lowest BCUT2D eigenvalue weighted by molar-refractivity contribution is -0.0313. The van der Waals surface area contributed by atoms with Crippen molar-refractivity contribution >= 4 is 17.7 Å². The van der Waals surface area contributed by atoms with Crippen molar-refractivity contribution in [3.05, 3.63) is 54.1 Å². The summed E-state index contributed by atoms with van der Waals surface area (Å²) in [5, 5.41) is 0. The highest BCUT2D eigenvalue weighted by atomic mass is 16.6. The van der Waals surface area contributed by atoms with E-state index in [9.17, 15) is 9.59 Å². The molecule has 6 rings (SSSR count). The molecule has 2 bridgehead atoms. The van der Waals surface area contributed by atoms with Gasteiger partial charge in [0.25, 0.3) is 5.91 Å². The van der Waals surface area contributed by atoms with Gasteiger partial charge >= 0.3 is 6.09 Å². The highest BCUT2D eigenvalue weighted by molar-refractivity contribution is 5.95. The number of fused-ring (bicyclic) bond motifs is 3. The lowest BCUT2D eigenvalue weighted by Crippen LogP contribution is -2.53. The predicted molar refractivity (Wildman–Crippen MR) is 139 cm³/mol. The minimum absolute atomic E-state index is 0.00307. The molecule has 4 aliphatic heterocycles. The highest BCUT2D eigenvalue weighted by Gasteiger charge is 2.37. The number of carbonyl (C=O) groups excluding carboxylic acids is 2. The van der Waals surface area contributed by atoms with Crippen LogP contribution >= 0.6 is 0 Å². The monoisotopic (exact) mass is 475 g/mol. The number of carbonyl (C=O) groups is 2. The minimum Gasteiger partial charge on any atom is -0.444 e. The number of nitrogens with zero attached hydrogens (tertiary/aromatic N) is 3. The molecule has 4 heterocycles. The van der Waals surface area contributed by atoms with Crippen molar-refractivity contribution in [1.82, 2.24) is 9.80 Å². The third-order valence-corrected chi connectivity index (χ3v) is 7.82. The number of anilines is 1. The van der Waals surface area contributed by atoms with Crippen LogP contribution in [0, 0.1) is 5.92 Å². The summed E-state index contributed by atoms with van der Waals surface area (Å²) in [5.41, 5.74) is 3.69. The zero-order valence-electron chi connectivity index (χ0n) is 21.0. The van der Waals surface area contributed by atoms with Crippen LogP contribution < -0.4 is 4.90 Å². The van der Waals surface area contributed by atoms with Crippen LogP contribution in [0.15, 0.2) is 48.5 Å². The number of amides is 2. The average Bonchev–Trinajstić information content (AvgIpc) is 2.90. The summed E-state index contributed by atoms with van der Waals surface area (Å²) in [7, 11) is 0. The van der Waals surface area contributed by atoms with Crippen molar-refractivity contribution in [2.75, 3.05) is 37.6 Å². The van der Waals surface area contributed by atoms with Gasteiger partial charge in [0.1, 0.15) is 6.10 Å². The molecule has 0 aromatic heterocycles. The largest absolute Gasteiger partial charge is 0.444 e. The first-order chi connectivity index (χ1) is 17.0. The fourth-order valence-electron chi connectivity index (χ4n) is 5.74. The zero-order valence-corrected chi connectivity index (χ0v) is 21.0. The normalized spacial score (nSPS) is 23.9. The van der Waals surface area contributed by atoms with Gasteiger partial charge < -0.3 is 9.64 Å². The van der Waals surface area contributed by atoms with E-state index < -0.39 is 0 Å². The minimum atomic E-state index is -0.257. The number of ether oxygens (including phenoxy) is 1. The van der Waals surface area contributed by atoms with Gasteiger partial charge in [-0.05, 0) is 100 Å². The molecule has 2 aromatic carbocycles. The first-order valence-electron chi connectivity index (χ1n) is 13.2. The van der Waals surface area contributed by atoms with Gasteiger partial charge in [0.15, 0.2) is 0 Å². The molecule has 0 N–H and O–H groups in total. The van der Waals surface area contributed by atoms with Crippen LogP contribution in [0.4, 0.5) is 10.5 Å². The quantitative estimate of drug-likeness (QED) is 0.579. The van der Waals surface area contributed by atoms with E-state index in [1.165, 1.54) is 6.42 Å². The number of likely N-dealkylation sites (tertiary alicyclic amines) is 1. The smallest absolute Gasteiger partial charge is 0.414 e. The van der Waals surface area contributed by atoms with Crippen molar-refractivity contribution < 1.29 is 14.3 Å². The van der Waals surface area contributed by atoms with Crippen LogP contribution in [-0.2, 0) is 4.74 Å². The second-order valence-electron chi connectivity index (χ2n) is 10.5. The van der Waals surface area contributed by atoms with Crippen LogP contribution in [0.1, 0.15) is 56.3 Å². The molecule has 186 valence electrons. The zero-order chi connectivity index (χ0) is 24.4. The summed E-state index contributed by atoms with van der Waals surface area (Å²) in [6, 6.07) is 15.9. The van der Waals surface area contributed by atoms with Crippen molar-refractivity contribution in [2.24, 2.45) is 5.92 Å². The molecule has 0 saturated carbocycles. The number of benzene rings is 2. The van der Waals surface area contributed by atoms with E-state index in [0.29, 0.717) is 5.92 Å². The Morgan fingerprint density at radius 1 is 0.857 bits per heavy atom. The molecule has 0 radical (unpaired) electrons. The summed E-state index contributed by atoms with van der Waals surface area (Å²) in [5.74, 6) is 0.616.